The van der Waals surface area contributed by atoms with E-state index in [1.54, 1.807) is 24.0 Å². The summed E-state index contributed by atoms with van der Waals surface area (Å²) in [4.78, 5) is 13.2. The van der Waals surface area contributed by atoms with Gasteiger partial charge in [0.2, 0.25) is 0 Å². The van der Waals surface area contributed by atoms with Crippen LogP contribution in [0.25, 0.3) is 0 Å². The first-order chi connectivity index (χ1) is 10.1. The van der Waals surface area contributed by atoms with E-state index >= 15 is 0 Å². The van der Waals surface area contributed by atoms with Gasteiger partial charge in [0, 0.05) is 5.69 Å². The molecular formula is C15H21ClN2O4. The third-order valence-electron chi connectivity index (χ3n) is 3.09. The number of nitrogens with two attached hydrogens (primary N) is 1. The van der Waals surface area contributed by atoms with E-state index < -0.39 is 0 Å². The Morgan fingerprint density at radius 3 is 2.95 bits per heavy atom. The Balaban J connectivity index is 0.00000242. The molecule has 1 aromatic carbocycles. The van der Waals surface area contributed by atoms with Crippen LogP contribution in [0.4, 0.5) is 10.5 Å². The monoisotopic (exact) mass is 328 g/mol. The maximum Gasteiger partial charge on any atom is 0.410 e. The zero-order valence-electron chi connectivity index (χ0n) is 12.7. The average molecular weight is 329 g/mol. The van der Waals surface area contributed by atoms with Gasteiger partial charge in [-0.1, -0.05) is 0 Å². The summed E-state index contributed by atoms with van der Waals surface area (Å²) in [6.45, 7) is 5.33. The number of amides is 1. The molecule has 2 N–H and O–H groups in total. The molecule has 2 rings (SSSR count). The fourth-order valence-electron chi connectivity index (χ4n) is 1.90. The quantitative estimate of drug-likeness (QED) is 0.682. The molecule has 1 aromatic rings. The molecule has 7 heteroatoms. The van der Waals surface area contributed by atoms with Crippen molar-refractivity contribution in [1.29, 1.82) is 0 Å². The Bertz CT molecular complexity index is 548. The number of rotatable bonds is 3. The van der Waals surface area contributed by atoms with Crippen molar-refractivity contribution in [2.45, 2.75) is 13.8 Å². The Morgan fingerprint density at radius 2 is 2.27 bits per heavy atom. The second kappa shape index (κ2) is 8.38. The molecule has 0 atom stereocenters. The predicted octanol–water partition coefficient (Wildman–Crippen LogP) is 2.71. The summed E-state index contributed by atoms with van der Waals surface area (Å²) in [6, 6.07) is 5.42. The molecule has 0 bridgehead atoms. The van der Waals surface area contributed by atoms with Crippen molar-refractivity contribution in [1.82, 2.24) is 4.90 Å². The number of aryl methyl sites for hydroxylation is 1. The second-order valence-electron chi connectivity index (χ2n) is 4.69. The Labute approximate surface area is 136 Å². The first-order valence-electron chi connectivity index (χ1n) is 6.86. The van der Waals surface area contributed by atoms with Crippen LogP contribution in [-0.2, 0) is 9.47 Å². The lowest BCUT2D eigenvalue weighted by atomic mass is 10.2. The van der Waals surface area contributed by atoms with E-state index in [0.29, 0.717) is 37.8 Å². The highest BCUT2D eigenvalue weighted by molar-refractivity contribution is 5.85. The molecule has 0 saturated carbocycles. The summed E-state index contributed by atoms with van der Waals surface area (Å²) in [7, 11) is 0. The van der Waals surface area contributed by atoms with Gasteiger partial charge in [0.25, 0.3) is 0 Å². The molecule has 0 radical (unpaired) electrons. The summed E-state index contributed by atoms with van der Waals surface area (Å²) in [5.41, 5.74) is 7.42. The lowest BCUT2D eigenvalue weighted by Crippen LogP contribution is -2.40. The average Bonchev–Trinajstić information content (AvgIpc) is 2.49. The zero-order chi connectivity index (χ0) is 15.2. The topological polar surface area (TPSA) is 74.0 Å². The Morgan fingerprint density at radius 1 is 1.50 bits per heavy atom. The number of benzene rings is 1. The van der Waals surface area contributed by atoms with E-state index in [4.69, 9.17) is 19.9 Å². The maximum atomic E-state index is 11.7. The van der Waals surface area contributed by atoms with Crippen molar-refractivity contribution >= 4 is 24.2 Å². The molecule has 122 valence electrons. The summed E-state index contributed by atoms with van der Waals surface area (Å²) in [5.74, 6) is 1.26. The number of carbonyl (C=O) groups is 1. The van der Waals surface area contributed by atoms with Gasteiger partial charge in [0.15, 0.2) is 5.76 Å². The molecular weight excluding hydrogens is 308 g/mol. The van der Waals surface area contributed by atoms with Gasteiger partial charge in [-0.3, -0.25) is 4.90 Å². The van der Waals surface area contributed by atoms with Crippen LogP contribution in [0.1, 0.15) is 12.5 Å². The van der Waals surface area contributed by atoms with E-state index in [0.717, 1.165) is 11.3 Å². The van der Waals surface area contributed by atoms with Crippen LogP contribution in [0.15, 0.2) is 30.2 Å². The maximum absolute atomic E-state index is 11.7. The van der Waals surface area contributed by atoms with Gasteiger partial charge >= 0.3 is 6.09 Å². The Kier molecular flexibility index (Phi) is 6.85. The number of ether oxygens (including phenoxy) is 3. The van der Waals surface area contributed by atoms with E-state index in [1.165, 1.54) is 6.26 Å². The van der Waals surface area contributed by atoms with E-state index in [9.17, 15) is 4.79 Å². The van der Waals surface area contributed by atoms with Gasteiger partial charge in [-0.05, 0) is 37.6 Å². The largest absolute Gasteiger partial charge is 0.491 e. The van der Waals surface area contributed by atoms with Gasteiger partial charge in [-0.15, -0.1) is 12.4 Å². The molecule has 1 heterocycles. The lowest BCUT2D eigenvalue weighted by Gasteiger charge is -2.27. The molecule has 22 heavy (non-hydrogen) atoms. The third-order valence-corrected chi connectivity index (χ3v) is 3.09. The number of nitrogen functional groups attached to an aromatic ring is 1. The molecule has 6 nitrogen and oxygen atoms in total. The molecule has 0 aromatic heterocycles. The van der Waals surface area contributed by atoms with Gasteiger partial charge in [0.05, 0.1) is 19.7 Å². The number of halogens is 1. The van der Waals surface area contributed by atoms with Crippen LogP contribution < -0.4 is 10.5 Å². The van der Waals surface area contributed by atoms with Crippen molar-refractivity contribution in [2.75, 3.05) is 32.0 Å². The zero-order valence-corrected chi connectivity index (χ0v) is 13.5. The summed E-state index contributed by atoms with van der Waals surface area (Å²) in [6.07, 6.45) is 1.17. The first kappa shape index (κ1) is 18.0. The third kappa shape index (κ3) is 4.73. The van der Waals surface area contributed by atoms with Crippen LogP contribution in [0.5, 0.6) is 5.75 Å². The Hall–Kier alpha value is -2.08. The second-order valence-corrected chi connectivity index (χ2v) is 4.69. The van der Waals surface area contributed by atoms with Crippen molar-refractivity contribution in [3.63, 3.8) is 0 Å². The molecule has 1 fully saturated rings. The predicted molar refractivity (Wildman–Crippen MR) is 86.1 cm³/mol. The van der Waals surface area contributed by atoms with Crippen LogP contribution in [-0.4, -0.2) is 37.3 Å². The van der Waals surface area contributed by atoms with E-state index in [1.807, 2.05) is 13.0 Å². The first-order valence-corrected chi connectivity index (χ1v) is 6.86. The highest BCUT2D eigenvalue weighted by Gasteiger charge is 2.21. The van der Waals surface area contributed by atoms with Gasteiger partial charge in [-0.25, -0.2) is 4.79 Å². The molecule has 1 aliphatic heterocycles. The normalized spacial score (nSPS) is 15.7. The molecule has 0 unspecified atom stereocenters. The molecule has 0 spiro atoms. The van der Waals surface area contributed by atoms with Crippen LogP contribution >= 0.6 is 12.4 Å². The van der Waals surface area contributed by atoms with Crippen LogP contribution in [0, 0.1) is 6.92 Å². The minimum absolute atomic E-state index is 0. The number of anilines is 1. The molecule has 0 aliphatic carbocycles. The van der Waals surface area contributed by atoms with Crippen LogP contribution in [0.2, 0.25) is 0 Å². The van der Waals surface area contributed by atoms with Crippen molar-refractivity contribution < 1.29 is 19.0 Å². The molecule has 1 saturated heterocycles. The number of hydrogen-bond acceptors (Lipinski definition) is 5. The minimum Gasteiger partial charge on any atom is -0.491 e. The highest BCUT2D eigenvalue weighted by atomic mass is 35.5. The number of nitrogens with zero attached hydrogens (tertiary/aromatic N) is 1. The standard InChI is InChI=1S/C15H20N2O4.ClH/c1-3-19-15(18)17-6-7-20-13(9-17)10-21-12-4-5-14(16)11(2)8-12;/h4-5,8,10H,3,6-7,9,16H2,1-2H3;1H. The van der Waals surface area contributed by atoms with E-state index in [2.05, 4.69) is 0 Å². The summed E-state index contributed by atoms with van der Waals surface area (Å²) >= 11 is 0. The number of carbonyl (C=O) groups excluding carboxylic acids is 1. The minimum atomic E-state index is -0.338. The van der Waals surface area contributed by atoms with Gasteiger partial charge in [0.1, 0.15) is 18.6 Å². The molecule has 1 aliphatic rings. The fraction of sp³-hybridized carbons (Fsp3) is 0.400. The smallest absolute Gasteiger partial charge is 0.410 e. The van der Waals surface area contributed by atoms with E-state index in [-0.39, 0.29) is 18.5 Å². The summed E-state index contributed by atoms with van der Waals surface area (Å²) < 4.78 is 16.0. The van der Waals surface area contributed by atoms with Crippen molar-refractivity contribution in [2.24, 2.45) is 0 Å². The molecule has 1 amide bonds. The number of morpholine rings is 1. The lowest BCUT2D eigenvalue weighted by molar-refractivity contribution is 0.0616. The van der Waals surface area contributed by atoms with Crippen LogP contribution in [0.3, 0.4) is 0 Å². The SMILES string of the molecule is CCOC(=O)N1CCOC(=COc2ccc(N)c(C)c2)C1.Cl. The summed E-state index contributed by atoms with van der Waals surface area (Å²) in [5, 5.41) is 0. The van der Waals surface area contributed by atoms with Gasteiger partial charge in [-0.2, -0.15) is 0 Å². The van der Waals surface area contributed by atoms with Gasteiger partial charge < -0.3 is 19.9 Å². The highest BCUT2D eigenvalue weighted by Crippen LogP contribution is 2.19. The van der Waals surface area contributed by atoms with Crippen molar-refractivity contribution in [3.8, 4) is 5.75 Å². The fourth-order valence-corrected chi connectivity index (χ4v) is 1.90. The number of hydrogen-bond donors (Lipinski definition) is 1. The van der Waals surface area contributed by atoms with Crippen molar-refractivity contribution in [3.05, 3.63) is 35.8 Å².